The van der Waals surface area contributed by atoms with Crippen molar-refractivity contribution in [1.82, 2.24) is 4.90 Å². The van der Waals surface area contributed by atoms with Gasteiger partial charge in [-0.15, -0.1) is 0 Å². The van der Waals surface area contributed by atoms with Crippen molar-refractivity contribution in [3.8, 4) is 0 Å². The molecular formula is C14H21NO3. The van der Waals surface area contributed by atoms with Crippen molar-refractivity contribution in [3.05, 3.63) is 24.3 Å². The Morgan fingerprint density at radius 1 is 1.28 bits per heavy atom. The lowest BCUT2D eigenvalue weighted by Gasteiger charge is -2.31. The van der Waals surface area contributed by atoms with Crippen LogP contribution >= 0.6 is 0 Å². The Hall–Kier alpha value is -1.58. The van der Waals surface area contributed by atoms with E-state index in [1.165, 1.54) is 0 Å². The molecule has 1 aliphatic rings. The van der Waals surface area contributed by atoms with Gasteiger partial charge in [0, 0.05) is 25.6 Å². The normalized spacial score (nSPS) is 17.7. The monoisotopic (exact) mass is 251 g/mol. The van der Waals surface area contributed by atoms with Gasteiger partial charge in [-0.25, -0.2) is 0 Å². The van der Waals surface area contributed by atoms with E-state index < -0.39 is 5.97 Å². The Bertz CT molecular complexity index is 339. The van der Waals surface area contributed by atoms with Crippen molar-refractivity contribution in [1.29, 1.82) is 0 Å². The van der Waals surface area contributed by atoms with E-state index in [0.29, 0.717) is 5.92 Å². The zero-order chi connectivity index (χ0) is 13.4. The van der Waals surface area contributed by atoms with Crippen LogP contribution in [-0.2, 0) is 9.59 Å². The molecule has 1 rings (SSSR count). The summed E-state index contributed by atoms with van der Waals surface area (Å²) in [5.41, 5.74) is 0. The van der Waals surface area contributed by atoms with E-state index in [1.54, 1.807) is 12.2 Å². The number of nitrogens with zero attached hydrogens (tertiary/aromatic N) is 1. The van der Waals surface area contributed by atoms with Gasteiger partial charge in [0.2, 0.25) is 5.91 Å². The minimum absolute atomic E-state index is 0.0461. The van der Waals surface area contributed by atoms with Gasteiger partial charge in [-0.3, -0.25) is 9.59 Å². The lowest BCUT2D eigenvalue weighted by molar-refractivity contribution is -0.137. The van der Waals surface area contributed by atoms with E-state index in [1.807, 2.05) is 24.0 Å². The number of carboxylic acid groups (broad SMARTS) is 1. The van der Waals surface area contributed by atoms with Gasteiger partial charge in [0.25, 0.3) is 0 Å². The largest absolute Gasteiger partial charge is 0.481 e. The topological polar surface area (TPSA) is 57.6 Å². The number of aliphatic carboxylic acids is 1. The summed E-state index contributed by atoms with van der Waals surface area (Å²) < 4.78 is 0. The first-order valence-electron chi connectivity index (χ1n) is 6.43. The number of rotatable bonds is 5. The fourth-order valence-corrected chi connectivity index (χ4v) is 2.12. The van der Waals surface area contributed by atoms with Gasteiger partial charge in [-0.05, 0) is 32.1 Å². The Labute approximate surface area is 108 Å². The van der Waals surface area contributed by atoms with Crippen molar-refractivity contribution in [2.24, 2.45) is 5.92 Å². The Kier molecular flexibility index (Phi) is 6.19. The highest BCUT2D eigenvalue weighted by Gasteiger charge is 2.21. The molecule has 0 spiro atoms. The number of hydrogen-bond acceptors (Lipinski definition) is 2. The second-order valence-electron chi connectivity index (χ2n) is 4.59. The van der Waals surface area contributed by atoms with Crippen LogP contribution in [0.25, 0.3) is 0 Å². The highest BCUT2D eigenvalue weighted by atomic mass is 16.4. The lowest BCUT2D eigenvalue weighted by atomic mass is 9.92. The number of carbonyl (C=O) groups excluding carboxylic acids is 1. The van der Waals surface area contributed by atoms with Crippen molar-refractivity contribution >= 4 is 11.9 Å². The van der Waals surface area contributed by atoms with E-state index in [2.05, 4.69) is 0 Å². The maximum atomic E-state index is 11.8. The van der Waals surface area contributed by atoms with Gasteiger partial charge in [0.1, 0.15) is 0 Å². The molecule has 1 heterocycles. The molecule has 100 valence electrons. The SMILES string of the molecule is C/C=C/C=C/C(=O)N1CCC(CCC(=O)O)CC1. The Balaban J connectivity index is 2.30. The van der Waals surface area contributed by atoms with Crippen LogP contribution in [0.15, 0.2) is 24.3 Å². The summed E-state index contributed by atoms with van der Waals surface area (Å²) in [5.74, 6) is -0.239. The molecule has 18 heavy (non-hydrogen) atoms. The van der Waals surface area contributed by atoms with Crippen LogP contribution in [0.4, 0.5) is 0 Å². The molecule has 1 aliphatic heterocycles. The minimum Gasteiger partial charge on any atom is -0.481 e. The highest BCUT2D eigenvalue weighted by molar-refractivity contribution is 5.87. The number of likely N-dealkylation sites (tertiary alicyclic amines) is 1. The Morgan fingerprint density at radius 2 is 1.94 bits per heavy atom. The lowest BCUT2D eigenvalue weighted by Crippen LogP contribution is -2.37. The predicted octanol–water partition coefficient (Wildman–Crippen LogP) is 2.22. The molecule has 4 heteroatoms. The molecule has 1 N–H and O–H groups in total. The number of carbonyl (C=O) groups is 2. The average Bonchev–Trinajstić information content (AvgIpc) is 2.37. The zero-order valence-corrected chi connectivity index (χ0v) is 10.8. The maximum absolute atomic E-state index is 11.8. The fraction of sp³-hybridized carbons (Fsp3) is 0.571. The molecule has 1 fully saturated rings. The molecule has 0 atom stereocenters. The van der Waals surface area contributed by atoms with Crippen molar-refractivity contribution < 1.29 is 14.7 Å². The zero-order valence-electron chi connectivity index (χ0n) is 10.8. The van der Waals surface area contributed by atoms with Crippen molar-refractivity contribution in [3.63, 3.8) is 0 Å². The summed E-state index contributed by atoms with van der Waals surface area (Å²) in [7, 11) is 0. The van der Waals surface area contributed by atoms with E-state index >= 15 is 0 Å². The molecule has 1 saturated heterocycles. The summed E-state index contributed by atoms with van der Waals surface area (Å²) in [6.07, 6.45) is 9.83. The maximum Gasteiger partial charge on any atom is 0.303 e. The van der Waals surface area contributed by atoms with Gasteiger partial charge in [0.05, 0.1) is 0 Å². The Morgan fingerprint density at radius 3 is 2.50 bits per heavy atom. The number of carboxylic acids is 1. The first-order chi connectivity index (χ1) is 8.63. The van der Waals surface area contributed by atoms with Crippen LogP contribution in [0, 0.1) is 5.92 Å². The number of amides is 1. The molecule has 0 aromatic heterocycles. The van der Waals surface area contributed by atoms with E-state index in [4.69, 9.17) is 5.11 Å². The third-order valence-electron chi connectivity index (χ3n) is 3.24. The smallest absolute Gasteiger partial charge is 0.303 e. The molecule has 4 nitrogen and oxygen atoms in total. The number of allylic oxidation sites excluding steroid dienone is 3. The molecule has 0 aromatic rings. The second kappa shape index (κ2) is 7.69. The van der Waals surface area contributed by atoms with Crippen LogP contribution in [0.1, 0.15) is 32.6 Å². The van der Waals surface area contributed by atoms with E-state index in [0.717, 1.165) is 32.4 Å². The van der Waals surface area contributed by atoms with Crippen LogP contribution in [0.2, 0.25) is 0 Å². The molecule has 0 saturated carbocycles. The molecule has 0 aliphatic carbocycles. The molecular weight excluding hydrogens is 230 g/mol. The summed E-state index contributed by atoms with van der Waals surface area (Å²) in [4.78, 5) is 24.1. The molecule has 1 amide bonds. The molecule has 0 bridgehead atoms. The first kappa shape index (κ1) is 14.5. The molecule has 0 unspecified atom stereocenters. The van der Waals surface area contributed by atoms with Gasteiger partial charge in [-0.2, -0.15) is 0 Å². The average molecular weight is 251 g/mol. The van der Waals surface area contributed by atoms with Crippen molar-refractivity contribution in [2.45, 2.75) is 32.6 Å². The summed E-state index contributed by atoms with van der Waals surface area (Å²) in [5, 5.41) is 8.62. The summed E-state index contributed by atoms with van der Waals surface area (Å²) >= 11 is 0. The van der Waals surface area contributed by atoms with Crippen LogP contribution < -0.4 is 0 Å². The van der Waals surface area contributed by atoms with Crippen molar-refractivity contribution in [2.75, 3.05) is 13.1 Å². The quantitative estimate of drug-likeness (QED) is 0.602. The van der Waals surface area contributed by atoms with Gasteiger partial charge < -0.3 is 10.0 Å². The fourth-order valence-electron chi connectivity index (χ4n) is 2.12. The van der Waals surface area contributed by atoms with Crippen LogP contribution in [-0.4, -0.2) is 35.0 Å². The summed E-state index contributed by atoms with van der Waals surface area (Å²) in [6.45, 7) is 3.38. The van der Waals surface area contributed by atoms with E-state index in [-0.39, 0.29) is 12.3 Å². The van der Waals surface area contributed by atoms with Gasteiger partial charge in [-0.1, -0.05) is 18.2 Å². The highest BCUT2D eigenvalue weighted by Crippen LogP contribution is 2.21. The van der Waals surface area contributed by atoms with Gasteiger partial charge in [0.15, 0.2) is 0 Å². The van der Waals surface area contributed by atoms with E-state index in [9.17, 15) is 9.59 Å². The number of piperidine rings is 1. The second-order valence-corrected chi connectivity index (χ2v) is 4.59. The first-order valence-corrected chi connectivity index (χ1v) is 6.43. The standard InChI is InChI=1S/C14H21NO3/c1-2-3-4-5-13(16)15-10-8-12(9-11-15)6-7-14(17)18/h2-5,12H,6-11H2,1H3,(H,17,18)/b3-2+,5-4+. The molecule has 0 radical (unpaired) electrons. The summed E-state index contributed by atoms with van der Waals surface area (Å²) in [6, 6.07) is 0. The predicted molar refractivity (Wildman–Crippen MR) is 70.1 cm³/mol. The third kappa shape index (κ3) is 5.17. The minimum atomic E-state index is -0.734. The van der Waals surface area contributed by atoms with Crippen LogP contribution in [0.3, 0.4) is 0 Å². The van der Waals surface area contributed by atoms with Crippen LogP contribution in [0.5, 0.6) is 0 Å². The molecule has 0 aromatic carbocycles. The van der Waals surface area contributed by atoms with Gasteiger partial charge >= 0.3 is 5.97 Å². The number of hydrogen-bond donors (Lipinski definition) is 1. The third-order valence-corrected chi connectivity index (χ3v) is 3.24.